The number of aromatic hydroxyl groups is 1. The van der Waals surface area contributed by atoms with E-state index in [4.69, 9.17) is 0 Å². The summed E-state index contributed by atoms with van der Waals surface area (Å²) in [6, 6.07) is 3.75. The largest absolute Gasteiger partial charge is 0.507 e. The molecule has 4 rings (SSSR count). The van der Waals surface area contributed by atoms with Gasteiger partial charge in [0.05, 0.1) is 11.3 Å². The standard InChI is InChI=1S/C24H28N4O3/c1-27(2)11-9-14-13-25-18-7-5-16(23(30)20(14)18)15-6-8-19(29)21-17(10-12-28(3)4)24(31)26-22(15)21/h5-8,13,25,30H,9-12H2,1-4H3,(H,26,31). The fourth-order valence-corrected chi connectivity index (χ4v) is 4.15. The van der Waals surface area contributed by atoms with Gasteiger partial charge in [-0.1, -0.05) is 0 Å². The summed E-state index contributed by atoms with van der Waals surface area (Å²) in [4.78, 5) is 32.6. The van der Waals surface area contributed by atoms with Gasteiger partial charge < -0.3 is 25.2 Å². The summed E-state index contributed by atoms with van der Waals surface area (Å²) >= 11 is 0. The van der Waals surface area contributed by atoms with Crippen LogP contribution in [0.25, 0.3) is 16.5 Å². The molecule has 1 aromatic heterocycles. The van der Waals surface area contributed by atoms with E-state index in [1.807, 2.05) is 51.4 Å². The van der Waals surface area contributed by atoms with E-state index in [1.54, 1.807) is 6.08 Å². The summed E-state index contributed by atoms with van der Waals surface area (Å²) in [7, 11) is 7.89. The molecule has 7 nitrogen and oxygen atoms in total. The number of H-pyrrole nitrogens is 1. The van der Waals surface area contributed by atoms with Crippen molar-refractivity contribution < 1.29 is 14.7 Å². The van der Waals surface area contributed by atoms with Crippen molar-refractivity contribution in [2.24, 2.45) is 0 Å². The molecule has 0 fully saturated rings. The van der Waals surface area contributed by atoms with Gasteiger partial charge in [-0.3, -0.25) is 9.59 Å². The van der Waals surface area contributed by atoms with Crippen LogP contribution in [0, 0.1) is 0 Å². The zero-order valence-corrected chi connectivity index (χ0v) is 18.4. The predicted octanol–water partition coefficient (Wildman–Crippen LogP) is 2.21. The second kappa shape index (κ2) is 8.17. The fourth-order valence-electron chi connectivity index (χ4n) is 4.15. The van der Waals surface area contributed by atoms with E-state index in [0.717, 1.165) is 29.4 Å². The number of aromatic amines is 1. The zero-order valence-electron chi connectivity index (χ0n) is 18.4. The number of aromatic nitrogens is 1. The molecule has 7 heteroatoms. The highest BCUT2D eigenvalue weighted by Gasteiger charge is 2.35. The molecule has 1 aromatic carbocycles. The maximum atomic E-state index is 12.7. The second-order valence-electron chi connectivity index (χ2n) is 8.60. The van der Waals surface area contributed by atoms with Gasteiger partial charge in [-0.05, 0) is 70.9 Å². The van der Waals surface area contributed by atoms with E-state index in [0.29, 0.717) is 40.9 Å². The molecule has 0 bridgehead atoms. The van der Waals surface area contributed by atoms with E-state index < -0.39 is 0 Å². The molecule has 0 spiro atoms. The third-order valence-electron chi connectivity index (χ3n) is 5.81. The first-order valence-corrected chi connectivity index (χ1v) is 10.4. The lowest BCUT2D eigenvalue weighted by molar-refractivity contribution is -0.116. The van der Waals surface area contributed by atoms with E-state index in [2.05, 4.69) is 15.2 Å². The first kappa shape index (κ1) is 21.1. The third kappa shape index (κ3) is 3.82. The van der Waals surface area contributed by atoms with Gasteiger partial charge in [0.2, 0.25) is 0 Å². The highest BCUT2D eigenvalue weighted by molar-refractivity contribution is 6.22. The molecular formula is C24H28N4O3. The average molecular weight is 421 g/mol. The lowest BCUT2D eigenvalue weighted by atomic mass is 9.89. The molecule has 2 aliphatic rings. The summed E-state index contributed by atoms with van der Waals surface area (Å²) in [6.07, 6.45) is 6.38. The maximum Gasteiger partial charge on any atom is 0.252 e. The molecule has 0 saturated carbocycles. The number of benzene rings is 1. The number of likely N-dealkylation sites (N-methyl/N-ethyl adjacent to an activating group) is 1. The monoisotopic (exact) mass is 420 g/mol. The summed E-state index contributed by atoms with van der Waals surface area (Å²) < 4.78 is 0. The smallest absolute Gasteiger partial charge is 0.252 e. The first-order valence-electron chi connectivity index (χ1n) is 10.4. The van der Waals surface area contributed by atoms with Crippen LogP contribution < -0.4 is 5.32 Å². The third-order valence-corrected chi connectivity index (χ3v) is 5.81. The van der Waals surface area contributed by atoms with E-state index >= 15 is 0 Å². The summed E-state index contributed by atoms with van der Waals surface area (Å²) in [5.74, 6) is -0.264. The molecule has 31 heavy (non-hydrogen) atoms. The molecule has 0 radical (unpaired) electrons. The van der Waals surface area contributed by atoms with Crippen molar-refractivity contribution in [3.63, 3.8) is 0 Å². The number of allylic oxidation sites excluding steroid dienone is 4. The highest BCUT2D eigenvalue weighted by atomic mass is 16.3. The fraction of sp³-hybridized carbons (Fsp3) is 0.333. The maximum absolute atomic E-state index is 12.7. The van der Waals surface area contributed by atoms with Crippen LogP contribution in [0.4, 0.5) is 0 Å². The number of carbonyl (C=O) groups is 2. The number of rotatable bonds is 7. The van der Waals surface area contributed by atoms with Crippen LogP contribution in [0.3, 0.4) is 0 Å². The van der Waals surface area contributed by atoms with Gasteiger partial charge in [0.1, 0.15) is 5.75 Å². The van der Waals surface area contributed by atoms with Gasteiger partial charge >= 0.3 is 0 Å². The van der Waals surface area contributed by atoms with Gasteiger partial charge in [0, 0.05) is 46.9 Å². The zero-order chi connectivity index (χ0) is 22.3. The number of amides is 1. The topological polar surface area (TPSA) is 88.7 Å². The molecule has 1 amide bonds. The van der Waals surface area contributed by atoms with Crippen molar-refractivity contribution in [3.05, 3.63) is 58.5 Å². The molecule has 2 heterocycles. The van der Waals surface area contributed by atoms with Crippen LogP contribution >= 0.6 is 0 Å². The molecule has 0 atom stereocenters. The van der Waals surface area contributed by atoms with Crippen LogP contribution in [0.1, 0.15) is 17.5 Å². The van der Waals surface area contributed by atoms with E-state index in [1.165, 1.54) is 6.08 Å². The quantitative estimate of drug-likeness (QED) is 0.639. The second-order valence-corrected chi connectivity index (χ2v) is 8.60. The Labute approximate surface area is 181 Å². The molecule has 0 saturated heterocycles. The van der Waals surface area contributed by atoms with E-state index in [-0.39, 0.29) is 17.4 Å². The van der Waals surface area contributed by atoms with Crippen molar-refractivity contribution in [2.75, 3.05) is 41.3 Å². The van der Waals surface area contributed by atoms with Crippen molar-refractivity contribution in [1.82, 2.24) is 20.1 Å². The number of carbonyl (C=O) groups excluding carboxylic acids is 2. The number of nitrogens with zero attached hydrogens (tertiary/aromatic N) is 2. The Balaban J connectivity index is 1.82. The molecule has 0 unspecified atom stereocenters. The number of phenolic OH excluding ortho intramolecular Hbond substituents is 1. The summed E-state index contributed by atoms with van der Waals surface area (Å²) in [5, 5.41) is 14.9. The lowest BCUT2D eigenvalue weighted by Gasteiger charge is -2.16. The van der Waals surface area contributed by atoms with Crippen molar-refractivity contribution >= 4 is 28.2 Å². The highest BCUT2D eigenvalue weighted by Crippen LogP contribution is 2.41. The number of fused-ring (bicyclic) bond motifs is 2. The minimum atomic E-state index is -0.240. The number of hydrogen-bond donors (Lipinski definition) is 3. The van der Waals surface area contributed by atoms with Crippen molar-refractivity contribution in [1.29, 1.82) is 0 Å². The average Bonchev–Trinajstić information content (AvgIpc) is 3.27. The minimum Gasteiger partial charge on any atom is -0.507 e. The van der Waals surface area contributed by atoms with Crippen LogP contribution in [-0.2, 0) is 16.0 Å². The molecule has 162 valence electrons. The van der Waals surface area contributed by atoms with Crippen molar-refractivity contribution in [2.45, 2.75) is 12.8 Å². The number of nitrogens with one attached hydrogen (secondary N) is 2. The van der Waals surface area contributed by atoms with Crippen LogP contribution in [0.15, 0.2) is 47.3 Å². The Morgan fingerprint density at radius 2 is 1.68 bits per heavy atom. The predicted molar refractivity (Wildman–Crippen MR) is 122 cm³/mol. The Hall–Kier alpha value is -3.16. The van der Waals surface area contributed by atoms with Gasteiger partial charge in [-0.25, -0.2) is 0 Å². The first-order chi connectivity index (χ1) is 14.8. The van der Waals surface area contributed by atoms with Crippen LogP contribution in [0.5, 0.6) is 5.75 Å². The van der Waals surface area contributed by atoms with Crippen LogP contribution in [0.2, 0.25) is 0 Å². The van der Waals surface area contributed by atoms with Gasteiger partial charge in [0.25, 0.3) is 5.91 Å². The molecule has 1 aliphatic carbocycles. The van der Waals surface area contributed by atoms with Gasteiger partial charge in [-0.15, -0.1) is 0 Å². The Morgan fingerprint density at radius 3 is 2.39 bits per heavy atom. The molecule has 1 aliphatic heterocycles. The molecular weight excluding hydrogens is 392 g/mol. The Morgan fingerprint density at radius 1 is 0.968 bits per heavy atom. The Bertz CT molecular complexity index is 1160. The summed E-state index contributed by atoms with van der Waals surface area (Å²) in [6.45, 7) is 1.53. The van der Waals surface area contributed by atoms with Crippen LogP contribution in [-0.4, -0.2) is 72.9 Å². The Kier molecular flexibility index (Phi) is 5.56. The number of ketones is 1. The van der Waals surface area contributed by atoms with E-state index in [9.17, 15) is 14.7 Å². The number of phenols is 1. The normalized spacial score (nSPS) is 16.3. The SMILES string of the molecule is CN(C)CCC1=C2C(=O)C=CC(c3ccc4[nH]cc(CCN(C)C)c4c3O)=C2NC1=O. The minimum absolute atomic E-state index is 0.157. The van der Waals surface area contributed by atoms with Gasteiger partial charge in [-0.2, -0.15) is 0 Å². The van der Waals surface area contributed by atoms with Gasteiger partial charge in [0.15, 0.2) is 5.78 Å². The molecule has 2 aromatic rings. The number of hydrogen-bond acceptors (Lipinski definition) is 5. The van der Waals surface area contributed by atoms with Crippen molar-refractivity contribution in [3.8, 4) is 5.75 Å². The summed E-state index contributed by atoms with van der Waals surface area (Å²) in [5.41, 5.74) is 4.56. The lowest BCUT2D eigenvalue weighted by Crippen LogP contribution is -2.20. The molecule has 3 N–H and O–H groups in total.